The Labute approximate surface area is 129 Å². The molecule has 1 aromatic rings. The van der Waals surface area contributed by atoms with Gasteiger partial charge in [0.25, 0.3) is 0 Å². The molecule has 104 valence electrons. The third kappa shape index (κ3) is 3.93. The van der Waals surface area contributed by atoms with Crippen molar-refractivity contribution < 1.29 is 0 Å². The molecule has 3 N–H and O–H groups in total. The largest absolute Gasteiger partial charge is 0.389 e. The minimum absolute atomic E-state index is 0.436. The van der Waals surface area contributed by atoms with E-state index in [2.05, 4.69) is 41.2 Å². The summed E-state index contributed by atoms with van der Waals surface area (Å²) in [5.41, 5.74) is 8.12. The van der Waals surface area contributed by atoms with E-state index >= 15 is 0 Å². The molecule has 1 fully saturated rings. The summed E-state index contributed by atoms with van der Waals surface area (Å²) >= 11 is 8.59. The summed E-state index contributed by atoms with van der Waals surface area (Å²) in [5, 5.41) is 3.64. The fourth-order valence-electron chi connectivity index (χ4n) is 2.83. The number of thiocarbonyl (C=S) groups is 1. The minimum Gasteiger partial charge on any atom is -0.389 e. The highest BCUT2D eigenvalue weighted by Crippen LogP contribution is 2.37. The first-order chi connectivity index (χ1) is 8.87. The fraction of sp³-hybridized carbons (Fsp3) is 0.533. The SMILES string of the molecule is CC1(C)CCCC(Nc2ccc(C(N)=S)cc2Br)C1. The molecular formula is C15H21BrN2S. The summed E-state index contributed by atoms with van der Waals surface area (Å²) in [4.78, 5) is 0.436. The van der Waals surface area contributed by atoms with Gasteiger partial charge in [0.2, 0.25) is 0 Å². The molecule has 1 aromatic carbocycles. The summed E-state index contributed by atoms with van der Waals surface area (Å²) in [5.74, 6) is 0. The van der Waals surface area contributed by atoms with Crippen molar-refractivity contribution in [1.29, 1.82) is 0 Å². The van der Waals surface area contributed by atoms with Gasteiger partial charge in [-0.25, -0.2) is 0 Å². The lowest BCUT2D eigenvalue weighted by Crippen LogP contribution is -2.31. The first-order valence-electron chi connectivity index (χ1n) is 6.73. The summed E-state index contributed by atoms with van der Waals surface area (Å²) in [6, 6.07) is 6.57. The van der Waals surface area contributed by atoms with Crippen LogP contribution in [0.15, 0.2) is 22.7 Å². The molecule has 2 rings (SSSR count). The van der Waals surface area contributed by atoms with E-state index in [1.807, 2.05) is 12.1 Å². The van der Waals surface area contributed by atoms with E-state index in [0.29, 0.717) is 16.4 Å². The van der Waals surface area contributed by atoms with Crippen molar-refractivity contribution >= 4 is 38.8 Å². The van der Waals surface area contributed by atoms with Gasteiger partial charge in [0.05, 0.1) is 0 Å². The highest BCUT2D eigenvalue weighted by Gasteiger charge is 2.28. The van der Waals surface area contributed by atoms with Crippen molar-refractivity contribution in [3.05, 3.63) is 28.2 Å². The predicted molar refractivity (Wildman–Crippen MR) is 89.7 cm³/mol. The van der Waals surface area contributed by atoms with Gasteiger partial charge in [-0.1, -0.05) is 32.5 Å². The maximum atomic E-state index is 5.64. The zero-order chi connectivity index (χ0) is 14.0. The molecular weight excluding hydrogens is 320 g/mol. The molecule has 1 aliphatic rings. The van der Waals surface area contributed by atoms with Gasteiger partial charge >= 0.3 is 0 Å². The van der Waals surface area contributed by atoms with E-state index in [4.69, 9.17) is 18.0 Å². The van der Waals surface area contributed by atoms with Crippen molar-refractivity contribution in [2.75, 3.05) is 5.32 Å². The highest BCUT2D eigenvalue weighted by atomic mass is 79.9. The molecule has 0 spiro atoms. The highest BCUT2D eigenvalue weighted by molar-refractivity contribution is 9.10. The molecule has 2 nitrogen and oxygen atoms in total. The van der Waals surface area contributed by atoms with Crippen LogP contribution in [-0.4, -0.2) is 11.0 Å². The second kappa shape index (κ2) is 5.80. The van der Waals surface area contributed by atoms with Crippen LogP contribution in [0.5, 0.6) is 0 Å². The molecule has 1 aliphatic carbocycles. The number of anilines is 1. The van der Waals surface area contributed by atoms with Crippen molar-refractivity contribution in [3.63, 3.8) is 0 Å². The first-order valence-corrected chi connectivity index (χ1v) is 7.93. The maximum absolute atomic E-state index is 5.64. The third-order valence-electron chi connectivity index (χ3n) is 3.82. The zero-order valence-corrected chi connectivity index (χ0v) is 13.9. The molecule has 4 heteroatoms. The first kappa shape index (κ1) is 14.8. The topological polar surface area (TPSA) is 38.0 Å². The molecule has 0 heterocycles. The average molecular weight is 341 g/mol. The Morgan fingerprint density at radius 2 is 2.21 bits per heavy atom. The number of hydrogen-bond acceptors (Lipinski definition) is 2. The molecule has 0 saturated heterocycles. The Hall–Kier alpha value is -0.610. The van der Waals surface area contributed by atoms with E-state index in [1.54, 1.807) is 0 Å². The van der Waals surface area contributed by atoms with Crippen LogP contribution in [0, 0.1) is 5.41 Å². The van der Waals surface area contributed by atoms with Crippen LogP contribution < -0.4 is 11.1 Å². The van der Waals surface area contributed by atoms with Crippen LogP contribution in [0.1, 0.15) is 45.1 Å². The monoisotopic (exact) mass is 340 g/mol. The van der Waals surface area contributed by atoms with E-state index in [9.17, 15) is 0 Å². The Balaban J connectivity index is 2.09. The third-order valence-corrected chi connectivity index (χ3v) is 4.71. The van der Waals surface area contributed by atoms with Gasteiger partial charge < -0.3 is 11.1 Å². The number of nitrogens with one attached hydrogen (secondary N) is 1. The fourth-order valence-corrected chi connectivity index (χ4v) is 3.45. The summed E-state index contributed by atoms with van der Waals surface area (Å²) in [7, 11) is 0. The van der Waals surface area contributed by atoms with E-state index in [-0.39, 0.29) is 0 Å². The Bertz CT molecular complexity index is 485. The number of rotatable bonds is 3. The molecule has 0 bridgehead atoms. The van der Waals surface area contributed by atoms with E-state index in [1.165, 1.54) is 25.7 Å². The summed E-state index contributed by atoms with van der Waals surface area (Å²) < 4.78 is 1.03. The lowest BCUT2D eigenvalue weighted by Gasteiger charge is -2.36. The van der Waals surface area contributed by atoms with Gasteiger partial charge in [-0.05, 0) is 58.8 Å². The van der Waals surface area contributed by atoms with Gasteiger partial charge in [-0.2, -0.15) is 0 Å². The maximum Gasteiger partial charge on any atom is 0.104 e. The average Bonchev–Trinajstić information content (AvgIpc) is 2.30. The van der Waals surface area contributed by atoms with Gasteiger partial charge in [0.1, 0.15) is 4.99 Å². The van der Waals surface area contributed by atoms with Gasteiger partial charge in [0, 0.05) is 21.8 Å². The van der Waals surface area contributed by atoms with Crippen molar-refractivity contribution in [2.24, 2.45) is 11.1 Å². The Morgan fingerprint density at radius 1 is 1.47 bits per heavy atom. The lowest BCUT2D eigenvalue weighted by molar-refractivity contribution is 0.229. The number of benzene rings is 1. The van der Waals surface area contributed by atoms with E-state index < -0.39 is 0 Å². The summed E-state index contributed by atoms with van der Waals surface area (Å²) in [6.45, 7) is 4.71. The smallest absolute Gasteiger partial charge is 0.104 e. The second-order valence-electron chi connectivity index (χ2n) is 6.16. The number of halogens is 1. The van der Waals surface area contributed by atoms with Crippen molar-refractivity contribution in [1.82, 2.24) is 0 Å². The molecule has 1 unspecified atom stereocenters. The van der Waals surface area contributed by atoms with Crippen molar-refractivity contribution in [2.45, 2.75) is 45.6 Å². The van der Waals surface area contributed by atoms with Crippen molar-refractivity contribution in [3.8, 4) is 0 Å². The van der Waals surface area contributed by atoms with Crippen LogP contribution in [0.3, 0.4) is 0 Å². The molecule has 0 amide bonds. The second-order valence-corrected chi connectivity index (χ2v) is 7.45. The molecule has 0 aliphatic heterocycles. The van der Waals surface area contributed by atoms with Crippen LogP contribution >= 0.6 is 28.1 Å². The molecule has 0 aromatic heterocycles. The van der Waals surface area contributed by atoms with Crippen LogP contribution in [-0.2, 0) is 0 Å². The number of hydrogen-bond donors (Lipinski definition) is 2. The predicted octanol–water partition coefficient (Wildman–Crippen LogP) is 4.46. The summed E-state index contributed by atoms with van der Waals surface area (Å²) in [6.07, 6.45) is 5.09. The molecule has 1 atom stereocenters. The van der Waals surface area contributed by atoms with Gasteiger partial charge in [-0.3, -0.25) is 0 Å². The standard InChI is InChI=1S/C15H21BrN2S/c1-15(2)7-3-4-11(9-15)18-13-6-5-10(14(17)19)8-12(13)16/h5-6,8,11,18H,3-4,7,9H2,1-2H3,(H2,17,19). The van der Waals surface area contributed by atoms with Crippen LogP contribution in [0.2, 0.25) is 0 Å². The minimum atomic E-state index is 0.436. The Kier molecular flexibility index (Phi) is 4.51. The lowest BCUT2D eigenvalue weighted by atomic mass is 9.75. The quantitative estimate of drug-likeness (QED) is 0.797. The Morgan fingerprint density at radius 3 is 2.79 bits per heavy atom. The van der Waals surface area contributed by atoms with Crippen LogP contribution in [0.25, 0.3) is 0 Å². The molecule has 0 radical (unpaired) electrons. The number of nitrogens with two attached hydrogens (primary N) is 1. The van der Waals surface area contributed by atoms with E-state index in [0.717, 1.165) is 15.7 Å². The normalized spacial score (nSPS) is 21.9. The molecule has 1 saturated carbocycles. The van der Waals surface area contributed by atoms with Gasteiger partial charge in [0.15, 0.2) is 0 Å². The molecule has 19 heavy (non-hydrogen) atoms. The van der Waals surface area contributed by atoms with Gasteiger partial charge in [-0.15, -0.1) is 0 Å². The zero-order valence-electron chi connectivity index (χ0n) is 11.5. The van der Waals surface area contributed by atoms with Crippen LogP contribution in [0.4, 0.5) is 5.69 Å².